The number of aromatic amines is 2. The lowest BCUT2D eigenvalue weighted by molar-refractivity contribution is -0.123. The Morgan fingerprint density at radius 1 is 0.706 bits per heavy atom. The smallest absolute Gasteiger partial charge is 0.237 e. The third-order valence-electron chi connectivity index (χ3n) is 6.11. The van der Waals surface area contributed by atoms with E-state index >= 15 is 0 Å². The van der Waals surface area contributed by atoms with Crippen molar-refractivity contribution in [3.63, 3.8) is 0 Å². The number of unbranched alkanes of at least 4 members (excludes halogenated alkanes) is 1. The van der Waals surface area contributed by atoms with Crippen molar-refractivity contribution in [1.82, 2.24) is 20.6 Å². The molecule has 0 aliphatic heterocycles. The first-order valence-electron chi connectivity index (χ1n) is 11.7. The van der Waals surface area contributed by atoms with Gasteiger partial charge in [0.1, 0.15) is 0 Å². The van der Waals surface area contributed by atoms with Crippen molar-refractivity contribution in [2.24, 2.45) is 11.5 Å². The molecule has 8 N–H and O–H groups in total. The zero-order valence-electron chi connectivity index (χ0n) is 19.1. The molecule has 0 saturated heterocycles. The lowest BCUT2D eigenvalue weighted by Crippen LogP contribution is -2.43. The number of nitrogens with one attached hydrogen (secondary N) is 4. The quantitative estimate of drug-likeness (QED) is 0.191. The lowest BCUT2D eigenvalue weighted by atomic mass is 10.0. The Labute approximate surface area is 198 Å². The summed E-state index contributed by atoms with van der Waals surface area (Å²) in [5.74, 6) is -0.342. The van der Waals surface area contributed by atoms with Gasteiger partial charge in [0.2, 0.25) is 11.8 Å². The molecule has 0 fully saturated rings. The lowest BCUT2D eigenvalue weighted by Gasteiger charge is -2.13. The van der Waals surface area contributed by atoms with Gasteiger partial charge >= 0.3 is 0 Å². The predicted molar refractivity (Wildman–Crippen MR) is 135 cm³/mol. The van der Waals surface area contributed by atoms with Gasteiger partial charge in [-0.3, -0.25) is 9.59 Å². The number of amides is 2. The van der Waals surface area contributed by atoms with Gasteiger partial charge in [0.25, 0.3) is 0 Å². The second-order valence-corrected chi connectivity index (χ2v) is 8.63. The molecule has 0 saturated carbocycles. The molecule has 2 heterocycles. The average Bonchev–Trinajstić information content (AvgIpc) is 3.45. The molecule has 4 aromatic rings. The van der Waals surface area contributed by atoms with Gasteiger partial charge < -0.3 is 32.1 Å². The van der Waals surface area contributed by atoms with Crippen LogP contribution in [0.25, 0.3) is 21.8 Å². The molecular weight excluding hydrogens is 428 g/mol. The van der Waals surface area contributed by atoms with Crippen LogP contribution in [0.2, 0.25) is 0 Å². The van der Waals surface area contributed by atoms with Gasteiger partial charge in [-0.25, -0.2) is 0 Å². The molecule has 4 rings (SSSR count). The average molecular weight is 461 g/mol. The Kier molecular flexibility index (Phi) is 7.61. The van der Waals surface area contributed by atoms with E-state index in [0.29, 0.717) is 25.9 Å². The van der Waals surface area contributed by atoms with Gasteiger partial charge in [-0.05, 0) is 48.9 Å². The highest BCUT2D eigenvalue weighted by Crippen LogP contribution is 2.19. The number of nitrogens with two attached hydrogens (primary N) is 2. The topological polar surface area (TPSA) is 142 Å². The van der Waals surface area contributed by atoms with Gasteiger partial charge in [0, 0.05) is 47.3 Å². The Balaban J connectivity index is 1.12. The largest absolute Gasteiger partial charge is 0.361 e. The maximum Gasteiger partial charge on any atom is 0.237 e. The van der Waals surface area contributed by atoms with E-state index < -0.39 is 12.1 Å². The van der Waals surface area contributed by atoms with Crippen molar-refractivity contribution in [2.45, 2.75) is 37.8 Å². The number of hydrogen-bond donors (Lipinski definition) is 6. The van der Waals surface area contributed by atoms with E-state index in [4.69, 9.17) is 11.5 Å². The molecule has 2 aromatic heterocycles. The molecule has 2 amide bonds. The van der Waals surface area contributed by atoms with Crippen LogP contribution in [0.5, 0.6) is 0 Å². The van der Waals surface area contributed by atoms with Crippen molar-refractivity contribution in [1.29, 1.82) is 0 Å². The number of carbonyl (C=O) groups excluding carboxylic acids is 2. The summed E-state index contributed by atoms with van der Waals surface area (Å²) in [6.07, 6.45) is 6.24. The first-order chi connectivity index (χ1) is 16.5. The summed E-state index contributed by atoms with van der Waals surface area (Å²) < 4.78 is 0. The van der Waals surface area contributed by atoms with Crippen molar-refractivity contribution >= 4 is 33.6 Å². The second kappa shape index (κ2) is 11.0. The second-order valence-electron chi connectivity index (χ2n) is 8.63. The number of fused-ring (bicyclic) bond motifs is 2. The van der Waals surface area contributed by atoms with Crippen molar-refractivity contribution < 1.29 is 9.59 Å². The number of H-pyrrole nitrogens is 2. The molecular formula is C26H32N6O2. The number of hydrogen-bond acceptors (Lipinski definition) is 4. The molecule has 8 heteroatoms. The summed E-state index contributed by atoms with van der Waals surface area (Å²) in [5.41, 5.74) is 16.3. The molecule has 0 spiro atoms. The zero-order chi connectivity index (χ0) is 23.9. The molecule has 0 radical (unpaired) electrons. The van der Waals surface area contributed by atoms with Gasteiger partial charge in [-0.2, -0.15) is 0 Å². The molecule has 0 aliphatic carbocycles. The normalized spacial score (nSPS) is 13.1. The summed E-state index contributed by atoms with van der Waals surface area (Å²) in [4.78, 5) is 31.1. The monoisotopic (exact) mass is 460 g/mol. The number of aromatic nitrogens is 2. The molecule has 8 nitrogen and oxygen atoms in total. The van der Waals surface area contributed by atoms with Gasteiger partial charge in [-0.15, -0.1) is 0 Å². The van der Waals surface area contributed by atoms with Crippen LogP contribution in [0.1, 0.15) is 24.0 Å². The van der Waals surface area contributed by atoms with E-state index in [1.807, 2.05) is 60.9 Å². The predicted octanol–water partition coefficient (Wildman–Crippen LogP) is 2.10. The standard InChI is InChI=1S/C26H32N6O2/c27-21(13-17-15-31-23-9-3-1-7-19(17)23)25(33)29-11-5-6-12-30-26(34)22(28)14-18-16-32-24-10-4-2-8-20(18)24/h1-4,7-10,15-16,21-22,31-32H,5-6,11-14,27-28H2,(H,29,33)(H,30,34)/t21-,22+. The van der Waals surface area contributed by atoms with E-state index in [9.17, 15) is 9.59 Å². The summed E-state index contributed by atoms with van der Waals surface area (Å²) in [7, 11) is 0. The summed E-state index contributed by atoms with van der Waals surface area (Å²) in [6.45, 7) is 1.02. The maximum atomic E-state index is 12.3. The third kappa shape index (κ3) is 5.65. The van der Waals surface area contributed by atoms with Crippen LogP contribution in [-0.2, 0) is 22.4 Å². The van der Waals surface area contributed by atoms with Crippen LogP contribution in [0, 0.1) is 0 Å². The summed E-state index contributed by atoms with van der Waals surface area (Å²) in [5, 5.41) is 7.95. The van der Waals surface area contributed by atoms with Gasteiger partial charge in [0.15, 0.2) is 0 Å². The minimum absolute atomic E-state index is 0.171. The Morgan fingerprint density at radius 3 is 1.56 bits per heavy atom. The molecule has 0 unspecified atom stereocenters. The number of benzene rings is 2. The van der Waals surface area contributed by atoms with E-state index in [1.165, 1.54) is 0 Å². The summed E-state index contributed by atoms with van der Waals surface area (Å²) in [6, 6.07) is 14.7. The van der Waals surface area contributed by atoms with Crippen LogP contribution in [0.15, 0.2) is 60.9 Å². The van der Waals surface area contributed by atoms with E-state index in [0.717, 1.165) is 45.8 Å². The van der Waals surface area contributed by atoms with Crippen molar-refractivity contribution in [3.8, 4) is 0 Å². The first kappa shape index (κ1) is 23.5. The van der Waals surface area contributed by atoms with Crippen LogP contribution in [0.4, 0.5) is 0 Å². The highest BCUT2D eigenvalue weighted by atomic mass is 16.2. The molecule has 0 aliphatic rings. The van der Waals surface area contributed by atoms with E-state index in [-0.39, 0.29) is 11.8 Å². The molecule has 0 bridgehead atoms. The number of rotatable bonds is 11. The van der Waals surface area contributed by atoms with E-state index in [1.54, 1.807) is 0 Å². The Hall–Kier alpha value is -3.62. The van der Waals surface area contributed by atoms with E-state index in [2.05, 4.69) is 20.6 Å². The molecule has 178 valence electrons. The molecule has 2 atom stereocenters. The fraction of sp³-hybridized carbons (Fsp3) is 0.308. The number of carbonyl (C=O) groups is 2. The fourth-order valence-electron chi connectivity index (χ4n) is 4.20. The highest BCUT2D eigenvalue weighted by molar-refractivity contribution is 5.87. The fourth-order valence-corrected chi connectivity index (χ4v) is 4.20. The Bertz CT molecular complexity index is 1160. The minimum Gasteiger partial charge on any atom is -0.361 e. The minimum atomic E-state index is -0.610. The zero-order valence-corrected chi connectivity index (χ0v) is 19.1. The first-order valence-corrected chi connectivity index (χ1v) is 11.7. The van der Waals surface area contributed by atoms with Crippen LogP contribution >= 0.6 is 0 Å². The van der Waals surface area contributed by atoms with Crippen LogP contribution < -0.4 is 22.1 Å². The SMILES string of the molecule is N[C@H](Cc1c[nH]c2ccccc12)C(=O)NCCCCNC(=O)[C@@H](N)Cc1c[nH]c2ccccc12. The van der Waals surface area contributed by atoms with Crippen molar-refractivity contribution in [2.75, 3.05) is 13.1 Å². The third-order valence-corrected chi connectivity index (χ3v) is 6.11. The molecule has 2 aromatic carbocycles. The summed E-state index contributed by atoms with van der Waals surface area (Å²) >= 11 is 0. The molecule has 34 heavy (non-hydrogen) atoms. The maximum absolute atomic E-state index is 12.3. The van der Waals surface area contributed by atoms with Crippen molar-refractivity contribution in [3.05, 3.63) is 72.1 Å². The van der Waals surface area contributed by atoms with Gasteiger partial charge in [0.05, 0.1) is 12.1 Å². The highest BCUT2D eigenvalue weighted by Gasteiger charge is 2.17. The number of para-hydroxylation sites is 2. The van der Waals surface area contributed by atoms with Crippen LogP contribution in [-0.4, -0.2) is 47.0 Å². The Morgan fingerprint density at radius 2 is 1.12 bits per heavy atom. The van der Waals surface area contributed by atoms with Gasteiger partial charge in [-0.1, -0.05) is 36.4 Å². The van der Waals surface area contributed by atoms with Crippen LogP contribution in [0.3, 0.4) is 0 Å².